The van der Waals surface area contributed by atoms with Crippen LogP contribution in [0.5, 0.6) is 0 Å². The molecule has 0 bridgehead atoms. The van der Waals surface area contributed by atoms with Crippen LogP contribution in [0.2, 0.25) is 0 Å². The Balaban J connectivity index is 1.24. The van der Waals surface area contributed by atoms with Crippen molar-refractivity contribution in [1.29, 1.82) is 0 Å². The number of carbonyl (C=O) groups excluding carboxylic acids is 1. The largest absolute Gasteiger partial charge is 0.379 e. The van der Waals surface area contributed by atoms with Gasteiger partial charge in [-0.2, -0.15) is 0 Å². The van der Waals surface area contributed by atoms with E-state index in [9.17, 15) is 9.18 Å². The van der Waals surface area contributed by atoms with Gasteiger partial charge in [0.1, 0.15) is 5.82 Å². The maximum Gasteiger partial charge on any atom is 0.220 e. The molecule has 2 aliphatic heterocycles. The van der Waals surface area contributed by atoms with Gasteiger partial charge in [0.2, 0.25) is 5.91 Å². The number of nitrogens with one attached hydrogen (secondary N) is 1. The molecule has 0 radical (unpaired) electrons. The molecule has 32 heavy (non-hydrogen) atoms. The van der Waals surface area contributed by atoms with Crippen LogP contribution < -0.4 is 5.32 Å². The normalized spacial score (nSPS) is 18.7. The predicted molar refractivity (Wildman–Crippen MR) is 116 cm³/mol. The van der Waals surface area contributed by atoms with Crippen molar-refractivity contribution in [3.05, 3.63) is 41.5 Å². The number of aryl methyl sites for hydroxylation is 1. The zero-order chi connectivity index (χ0) is 22.2. The first kappa shape index (κ1) is 22.8. The first-order valence-corrected chi connectivity index (χ1v) is 11.5. The number of aromatic nitrogens is 4. The number of tetrazole rings is 1. The van der Waals surface area contributed by atoms with Crippen molar-refractivity contribution in [1.82, 2.24) is 35.3 Å². The van der Waals surface area contributed by atoms with Crippen molar-refractivity contribution >= 4 is 5.91 Å². The number of hydrogen-bond acceptors (Lipinski definition) is 7. The summed E-state index contributed by atoms with van der Waals surface area (Å²) < 4.78 is 20.5. The Kier molecular flexibility index (Phi) is 8.13. The summed E-state index contributed by atoms with van der Waals surface area (Å²) in [5.41, 5.74) is 1.04. The SMILES string of the molecule is O=C(CCCn1nnnc1CN1CCOCC1)NC[C@H](c1ccc(F)cc1)N1CCCC1. The third-order valence-electron chi connectivity index (χ3n) is 6.18. The summed E-state index contributed by atoms with van der Waals surface area (Å²) in [5, 5.41) is 15.1. The van der Waals surface area contributed by atoms with E-state index in [1.807, 2.05) is 12.1 Å². The summed E-state index contributed by atoms with van der Waals surface area (Å²) in [7, 11) is 0. The molecule has 0 saturated carbocycles. The lowest BCUT2D eigenvalue weighted by atomic mass is 10.1. The summed E-state index contributed by atoms with van der Waals surface area (Å²) in [6, 6.07) is 6.68. The molecule has 1 atom stereocenters. The third kappa shape index (κ3) is 6.30. The van der Waals surface area contributed by atoms with Crippen molar-refractivity contribution < 1.29 is 13.9 Å². The lowest BCUT2D eigenvalue weighted by molar-refractivity contribution is -0.121. The third-order valence-corrected chi connectivity index (χ3v) is 6.18. The number of benzene rings is 1. The minimum atomic E-state index is -0.242. The van der Waals surface area contributed by atoms with E-state index in [0.717, 1.165) is 63.6 Å². The maximum absolute atomic E-state index is 13.3. The molecule has 2 aromatic rings. The number of likely N-dealkylation sites (tertiary alicyclic amines) is 1. The molecule has 1 aromatic heterocycles. The Labute approximate surface area is 187 Å². The van der Waals surface area contributed by atoms with E-state index in [2.05, 4.69) is 30.6 Å². The zero-order valence-corrected chi connectivity index (χ0v) is 18.5. The monoisotopic (exact) mass is 445 g/mol. The van der Waals surface area contributed by atoms with E-state index in [-0.39, 0.29) is 17.8 Å². The Morgan fingerprint density at radius 1 is 1.12 bits per heavy atom. The number of hydrogen-bond donors (Lipinski definition) is 1. The average Bonchev–Trinajstić information content (AvgIpc) is 3.49. The fraction of sp³-hybridized carbons (Fsp3) is 0.636. The molecule has 2 fully saturated rings. The van der Waals surface area contributed by atoms with Crippen LogP contribution in [0, 0.1) is 5.82 Å². The van der Waals surface area contributed by atoms with Gasteiger partial charge in [-0.1, -0.05) is 12.1 Å². The van der Waals surface area contributed by atoms with Crippen LogP contribution in [0.25, 0.3) is 0 Å². The van der Waals surface area contributed by atoms with E-state index >= 15 is 0 Å². The van der Waals surface area contributed by atoms with Gasteiger partial charge in [-0.15, -0.1) is 5.10 Å². The highest BCUT2D eigenvalue weighted by Gasteiger charge is 2.24. The van der Waals surface area contributed by atoms with E-state index in [0.29, 0.717) is 32.5 Å². The standard InChI is InChI=1S/C22H32FN7O2/c23-19-7-5-18(6-8-19)20(29-9-1-2-10-29)16-24-22(31)4-3-11-30-21(25-26-27-30)17-28-12-14-32-15-13-28/h5-8,20H,1-4,9-17H2,(H,24,31)/t20-/m1/s1. The Hall–Kier alpha value is -2.43. The molecule has 10 heteroatoms. The van der Waals surface area contributed by atoms with Crippen LogP contribution >= 0.6 is 0 Å². The molecule has 3 heterocycles. The van der Waals surface area contributed by atoms with Crippen LogP contribution in [-0.4, -0.2) is 81.9 Å². The number of nitrogens with zero attached hydrogens (tertiary/aromatic N) is 6. The zero-order valence-electron chi connectivity index (χ0n) is 18.5. The highest BCUT2D eigenvalue weighted by atomic mass is 19.1. The Bertz CT molecular complexity index is 848. The number of carbonyl (C=O) groups is 1. The van der Waals surface area contributed by atoms with Gasteiger partial charge in [-0.3, -0.25) is 14.6 Å². The smallest absolute Gasteiger partial charge is 0.220 e. The molecule has 4 rings (SSSR count). The fourth-order valence-corrected chi connectivity index (χ4v) is 4.35. The second-order valence-corrected chi connectivity index (χ2v) is 8.42. The van der Waals surface area contributed by atoms with Gasteiger partial charge in [0, 0.05) is 32.6 Å². The van der Waals surface area contributed by atoms with Crippen molar-refractivity contribution in [3.8, 4) is 0 Å². The van der Waals surface area contributed by atoms with Gasteiger partial charge in [-0.05, 0) is 60.5 Å². The molecular weight excluding hydrogens is 413 g/mol. The predicted octanol–water partition coefficient (Wildman–Crippen LogP) is 1.38. The highest BCUT2D eigenvalue weighted by Crippen LogP contribution is 2.24. The van der Waals surface area contributed by atoms with Crippen molar-refractivity contribution in [2.24, 2.45) is 0 Å². The number of morpholine rings is 1. The first-order valence-electron chi connectivity index (χ1n) is 11.5. The van der Waals surface area contributed by atoms with Gasteiger partial charge in [0.25, 0.3) is 0 Å². The summed E-state index contributed by atoms with van der Waals surface area (Å²) in [6.07, 6.45) is 3.39. The molecule has 1 amide bonds. The molecule has 1 N–H and O–H groups in total. The molecule has 0 aliphatic carbocycles. The van der Waals surface area contributed by atoms with Crippen LogP contribution in [-0.2, 0) is 22.6 Å². The molecule has 174 valence electrons. The molecule has 2 aliphatic rings. The lowest BCUT2D eigenvalue weighted by Crippen LogP contribution is -2.37. The van der Waals surface area contributed by atoms with Crippen molar-refractivity contribution in [3.63, 3.8) is 0 Å². The summed E-state index contributed by atoms with van der Waals surface area (Å²) in [5.74, 6) is 0.588. The number of ether oxygens (including phenoxy) is 1. The number of halogens is 1. The van der Waals surface area contributed by atoms with Gasteiger partial charge >= 0.3 is 0 Å². The van der Waals surface area contributed by atoms with Crippen LogP contribution in [0.15, 0.2) is 24.3 Å². The number of amides is 1. The van der Waals surface area contributed by atoms with Crippen molar-refractivity contribution in [2.75, 3.05) is 45.9 Å². The van der Waals surface area contributed by atoms with Gasteiger partial charge in [0.15, 0.2) is 5.82 Å². The quantitative estimate of drug-likeness (QED) is 0.591. The lowest BCUT2D eigenvalue weighted by Gasteiger charge is -2.28. The Morgan fingerprint density at radius 2 is 1.88 bits per heavy atom. The highest BCUT2D eigenvalue weighted by molar-refractivity contribution is 5.75. The summed E-state index contributed by atoms with van der Waals surface area (Å²) in [6.45, 7) is 7.05. The van der Waals surface area contributed by atoms with Crippen molar-refractivity contribution in [2.45, 2.75) is 44.8 Å². The molecule has 1 aromatic carbocycles. The van der Waals surface area contributed by atoms with Gasteiger partial charge < -0.3 is 10.1 Å². The van der Waals surface area contributed by atoms with Crippen LogP contribution in [0.4, 0.5) is 4.39 Å². The molecule has 0 unspecified atom stereocenters. The summed E-state index contributed by atoms with van der Waals surface area (Å²) in [4.78, 5) is 17.1. The van der Waals surface area contributed by atoms with Crippen LogP contribution in [0.1, 0.15) is 43.1 Å². The van der Waals surface area contributed by atoms with E-state index in [1.54, 1.807) is 4.68 Å². The van der Waals surface area contributed by atoms with Gasteiger partial charge in [-0.25, -0.2) is 9.07 Å². The molecule has 9 nitrogen and oxygen atoms in total. The van der Waals surface area contributed by atoms with E-state index < -0.39 is 0 Å². The fourth-order valence-electron chi connectivity index (χ4n) is 4.35. The maximum atomic E-state index is 13.3. The topological polar surface area (TPSA) is 88.4 Å². The second-order valence-electron chi connectivity index (χ2n) is 8.42. The van der Waals surface area contributed by atoms with Gasteiger partial charge in [0.05, 0.1) is 25.8 Å². The Morgan fingerprint density at radius 3 is 2.62 bits per heavy atom. The first-order chi connectivity index (χ1) is 15.7. The minimum Gasteiger partial charge on any atom is -0.379 e. The molecular formula is C22H32FN7O2. The minimum absolute atomic E-state index is 0.0131. The van der Waals surface area contributed by atoms with Crippen LogP contribution in [0.3, 0.4) is 0 Å². The average molecular weight is 446 g/mol. The van der Waals surface area contributed by atoms with E-state index in [4.69, 9.17) is 4.74 Å². The number of rotatable bonds is 10. The van der Waals surface area contributed by atoms with E-state index in [1.165, 1.54) is 12.1 Å². The molecule has 2 saturated heterocycles. The summed E-state index contributed by atoms with van der Waals surface area (Å²) >= 11 is 0. The second kappa shape index (κ2) is 11.4. The molecule has 0 spiro atoms.